The first-order valence-corrected chi connectivity index (χ1v) is 15.7. The Labute approximate surface area is 244 Å². The van der Waals surface area contributed by atoms with Crippen molar-refractivity contribution in [1.82, 2.24) is 14.9 Å². The molecule has 5 nitrogen and oxygen atoms in total. The molecule has 1 atom stereocenters. The molecule has 0 aliphatic heterocycles. The highest BCUT2D eigenvalue weighted by Crippen LogP contribution is 2.38. The summed E-state index contributed by atoms with van der Waals surface area (Å²) in [6.45, 7) is 3.18. The molecule has 4 aromatic rings. The summed E-state index contributed by atoms with van der Waals surface area (Å²) in [5, 5.41) is 4.62. The van der Waals surface area contributed by atoms with E-state index < -0.39 is 0 Å². The summed E-state index contributed by atoms with van der Waals surface area (Å²) in [4.78, 5) is 17.9. The third-order valence-corrected chi connectivity index (χ3v) is 9.45. The average Bonchev–Trinajstić information content (AvgIpc) is 3.35. The number of aromatic nitrogens is 2. The van der Waals surface area contributed by atoms with Gasteiger partial charge < -0.3 is 15.6 Å². The van der Waals surface area contributed by atoms with Gasteiger partial charge in [-0.25, -0.2) is 0 Å². The van der Waals surface area contributed by atoms with Crippen LogP contribution in [0.1, 0.15) is 86.8 Å². The molecular formula is C36H44N4O. The molecule has 1 unspecified atom stereocenters. The lowest BCUT2D eigenvalue weighted by Crippen LogP contribution is -2.40. The van der Waals surface area contributed by atoms with Gasteiger partial charge in [0.2, 0.25) is 5.91 Å². The largest absolute Gasteiger partial charge is 0.353 e. The van der Waals surface area contributed by atoms with E-state index in [-0.39, 0.29) is 23.9 Å². The van der Waals surface area contributed by atoms with E-state index in [0.717, 1.165) is 37.8 Å². The van der Waals surface area contributed by atoms with Crippen LogP contribution in [0, 0.1) is 12.8 Å². The number of amides is 1. The van der Waals surface area contributed by atoms with Crippen molar-refractivity contribution < 1.29 is 4.79 Å². The molecule has 2 fully saturated rings. The zero-order chi connectivity index (χ0) is 28.2. The van der Waals surface area contributed by atoms with Crippen LogP contribution in [-0.2, 0) is 11.3 Å². The third-order valence-electron chi connectivity index (χ3n) is 9.45. The summed E-state index contributed by atoms with van der Waals surface area (Å²) >= 11 is 0. The molecule has 41 heavy (non-hydrogen) atoms. The van der Waals surface area contributed by atoms with Gasteiger partial charge in [-0.15, -0.1) is 0 Å². The van der Waals surface area contributed by atoms with Crippen LogP contribution >= 0.6 is 0 Å². The minimum Gasteiger partial charge on any atom is -0.353 e. The van der Waals surface area contributed by atoms with Crippen LogP contribution in [0.4, 0.5) is 0 Å². The number of nitrogens with one attached hydrogen (secondary N) is 1. The first-order chi connectivity index (χ1) is 20.0. The predicted molar refractivity (Wildman–Crippen MR) is 168 cm³/mol. The Morgan fingerprint density at radius 1 is 0.951 bits per heavy atom. The fraction of sp³-hybridized carbons (Fsp3) is 0.444. The number of pyridine rings is 1. The molecule has 6 rings (SSSR count). The van der Waals surface area contributed by atoms with Crippen molar-refractivity contribution in [2.45, 2.75) is 95.7 Å². The van der Waals surface area contributed by atoms with E-state index in [4.69, 9.17) is 5.73 Å². The lowest BCUT2D eigenvalue weighted by atomic mass is 9.86. The normalized spacial score (nSPS) is 20.6. The zero-order valence-corrected chi connectivity index (χ0v) is 24.4. The second-order valence-electron chi connectivity index (χ2n) is 12.6. The summed E-state index contributed by atoms with van der Waals surface area (Å²) in [7, 11) is 0. The number of carbonyl (C=O) groups is 1. The molecule has 0 bridgehead atoms. The van der Waals surface area contributed by atoms with Crippen LogP contribution in [0.5, 0.6) is 0 Å². The third kappa shape index (κ3) is 6.56. The van der Waals surface area contributed by atoms with Gasteiger partial charge >= 0.3 is 0 Å². The van der Waals surface area contributed by atoms with Gasteiger partial charge in [0.1, 0.15) is 0 Å². The van der Waals surface area contributed by atoms with E-state index in [1.807, 2.05) is 12.4 Å². The summed E-state index contributed by atoms with van der Waals surface area (Å²) in [5.74, 6) is 0.824. The zero-order valence-electron chi connectivity index (χ0n) is 24.4. The highest BCUT2D eigenvalue weighted by atomic mass is 16.1. The summed E-state index contributed by atoms with van der Waals surface area (Å²) in [6, 6.07) is 20.2. The van der Waals surface area contributed by atoms with Crippen LogP contribution < -0.4 is 11.1 Å². The number of aryl methyl sites for hydroxylation is 1. The maximum atomic E-state index is 13.6. The second-order valence-corrected chi connectivity index (χ2v) is 12.6. The van der Waals surface area contributed by atoms with E-state index in [2.05, 4.69) is 82.6 Å². The number of carbonyl (C=O) groups excluding carboxylic acids is 1. The molecular weight excluding hydrogens is 504 g/mol. The Bertz CT molecular complexity index is 1460. The Hall–Kier alpha value is -3.44. The lowest BCUT2D eigenvalue weighted by Gasteiger charge is -2.27. The number of rotatable bonds is 8. The molecule has 2 aliphatic carbocycles. The molecule has 0 saturated heterocycles. The fourth-order valence-corrected chi connectivity index (χ4v) is 7.15. The molecule has 2 aliphatic rings. The maximum absolute atomic E-state index is 13.6. The Morgan fingerprint density at radius 3 is 2.49 bits per heavy atom. The van der Waals surface area contributed by atoms with Crippen molar-refractivity contribution in [1.29, 1.82) is 0 Å². The molecule has 2 saturated carbocycles. The molecule has 1 amide bonds. The van der Waals surface area contributed by atoms with Crippen molar-refractivity contribution in [2.75, 3.05) is 0 Å². The molecule has 0 spiro atoms. The van der Waals surface area contributed by atoms with Crippen LogP contribution in [0.2, 0.25) is 0 Å². The van der Waals surface area contributed by atoms with Crippen LogP contribution in [0.3, 0.4) is 0 Å². The van der Waals surface area contributed by atoms with Gasteiger partial charge in [0.15, 0.2) is 0 Å². The summed E-state index contributed by atoms with van der Waals surface area (Å²) < 4.78 is 2.49. The summed E-state index contributed by atoms with van der Waals surface area (Å²) in [6.07, 6.45) is 17.1. The predicted octanol–water partition coefficient (Wildman–Crippen LogP) is 7.50. The van der Waals surface area contributed by atoms with E-state index in [9.17, 15) is 4.79 Å². The van der Waals surface area contributed by atoms with Crippen LogP contribution in [0.15, 0.2) is 73.2 Å². The maximum Gasteiger partial charge on any atom is 0.221 e. The van der Waals surface area contributed by atoms with E-state index >= 15 is 0 Å². The quantitative estimate of drug-likeness (QED) is 0.239. The average molecular weight is 549 g/mol. The fourth-order valence-electron chi connectivity index (χ4n) is 7.15. The molecule has 2 heterocycles. The topological polar surface area (TPSA) is 72.9 Å². The molecule has 214 valence electrons. The highest BCUT2D eigenvalue weighted by molar-refractivity contribution is 5.90. The van der Waals surface area contributed by atoms with Gasteiger partial charge in [0.25, 0.3) is 0 Å². The summed E-state index contributed by atoms with van der Waals surface area (Å²) in [5.41, 5.74) is 13.4. The SMILES string of the molecule is Cc1cccc(C(CC(=O)NC2CCC(N)CC2)c2cn(CC3CCCCC3)c3ccc(-c4ccncc4)cc23)c1. The molecule has 3 N–H and O–H groups in total. The van der Waals surface area contributed by atoms with E-state index in [1.54, 1.807) is 0 Å². The van der Waals surface area contributed by atoms with Gasteiger partial charge in [0, 0.05) is 60.5 Å². The van der Waals surface area contributed by atoms with Crippen molar-refractivity contribution in [3.05, 3.63) is 89.9 Å². The van der Waals surface area contributed by atoms with Crippen molar-refractivity contribution in [2.24, 2.45) is 11.7 Å². The minimum absolute atomic E-state index is 0.0245. The van der Waals surface area contributed by atoms with Gasteiger partial charge in [-0.3, -0.25) is 9.78 Å². The van der Waals surface area contributed by atoms with Gasteiger partial charge in [-0.2, -0.15) is 0 Å². The molecule has 5 heteroatoms. The first-order valence-electron chi connectivity index (χ1n) is 15.7. The standard InChI is InChI=1S/C36H44N4O/c1-25-6-5-9-29(20-25)32(22-36(41)39-31-13-11-30(37)12-14-31)34-24-40(23-26-7-3-2-4-8-26)35-15-10-28(21-33(34)35)27-16-18-38-19-17-27/h5-6,9-10,15-21,24,26,30-32H,2-4,7-8,11-14,22-23,37H2,1H3,(H,39,41). The Morgan fingerprint density at radius 2 is 1.73 bits per heavy atom. The number of nitrogens with two attached hydrogens (primary N) is 1. The first kappa shape index (κ1) is 27.7. The number of hydrogen-bond donors (Lipinski definition) is 2. The van der Waals surface area contributed by atoms with E-state index in [1.165, 1.54) is 65.3 Å². The Kier molecular flexibility index (Phi) is 8.52. The number of benzene rings is 2. The molecule has 2 aromatic heterocycles. The van der Waals surface area contributed by atoms with Crippen molar-refractivity contribution >= 4 is 16.8 Å². The van der Waals surface area contributed by atoms with Gasteiger partial charge in [-0.1, -0.05) is 55.2 Å². The number of fused-ring (bicyclic) bond motifs is 1. The lowest BCUT2D eigenvalue weighted by molar-refractivity contribution is -0.122. The second kappa shape index (κ2) is 12.6. The smallest absolute Gasteiger partial charge is 0.221 e. The van der Waals surface area contributed by atoms with Gasteiger partial charge in [-0.05, 0) is 97.9 Å². The van der Waals surface area contributed by atoms with Crippen LogP contribution in [0.25, 0.3) is 22.0 Å². The monoisotopic (exact) mass is 548 g/mol. The minimum atomic E-state index is -0.0245. The molecule has 0 radical (unpaired) electrons. The highest BCUT2D eigenvalue weighted by Gasteiger charge is 2.27. The van der Waals surface area contributed by atoms with Crippen molar-refractivity contribution in [3.63, 3.8) is 0 Å². The Balaban J connectivity index is 1.40. The van der Waals surface area contributed by atoms with Gasteiger partial charge in [0.05, 0.1) is 0 Å². The van der Waals surface area contributed by atoms with Crippen molar-refractivity contribution in [3.8, 4) is 11.1 Å². The number of nitrogens with zero attached hydrogens (tertiary/aromatic N) is 2. The van der Waals surface area contributed by atoms with Crippen LogP contribution in [-0.4, -0.2) is 27.5 Å². The van der Waals surface area contributed by atoms with E-state index in [0.29, 0.717) is 12.3 Å². The number of hydrogen-bond acceptors (Lipinski definition) is 3. The molecule has 2 aromatic carbocycles.